The smallest absolute Gasteiger partial charge is 0.231 e. The van der Waals surface area contributed by atoms with E-state index in [0.29, 0.717) is 36.7 Å². The highest BCUT2D eigenvalue weighted by Gasteiger charge is 2.29. The molecular formula is C15H21N3O3. The summed E-state index contributed by atoms with van der Waals surface area (Å²) in [4.78, 5) is 12.1. The minimum absolute atomic E-state index is 0.0279. The molecule has 2 aliphatic rings. The predicted octanol–water partition coefficient (Wildman–Crippen LogP) is 0.575. The van der Waals surface area contributed by atoms with Crippen LogP contribution in [0.5, 0.6) is 11.5 Å². The zero-order chi connectivity index (χ0) is 14.8. The van der Waals surface area contributed by atoms with Gasteiger partial charge in [-0.05, 0) is 31.5 Å². The van der Waals surface area contributed by atoms with Crippen LogP contribution < -0.4 is 25.6 Å². The van der Waals surface area contributed by atoms with Crippen molar-refractivity contribution >= 4 is 5.91 Å². The molecule has 0 bridgehead atoms. The van der Waals surface area contributed by atoms with Gasteiger partial charge in [-0.15, -0.1) is 0 Å². The van der Waals surface area contributed by atoms with E-state index in [1.54, 1.807) is 0 Å². The summed E-state index contributed by atoms with van der Waals surface area (Å²) in [6.07, 6.45) is 0.354. The van der Waals surface area contributed by atoms with Crippen molar-refractivity contribution in [3.05, 3.63) is 23.8 Å². The van der Waals surface area contributed by atoms with E-state index in [1.807, 2.05) is 18.2 Å². The summed E-state index contributed by atoms with van der Waals surface area (Å²) in [5.41, 5.74) is 7.31. The molecule has 1 fully saturated rings. The van der Waals surface area contributed by atoms with E-state index in [-0.39, 0.29) is 12.7 Å². The van der Waals surface area contributed by atoms with Crippen LogP contribution in [0.2, 0.25) is 0 Å². The van der Waals surface area contributed by atoms with E-state index in [2.05, 4.69) is 30.0 Å². The summed E-state index contributed by atoms with van der Waals surface area (Å²) in [6, 6.07) is 6.32. The van der Waals surface area contributed by atoms with Crippen molar-refractivity contribution in [2.45, 2.75) is 32.4 Å². The first-order valence-electron chi connectivity index (χ1n) is 7.30. The number of benzene rings is 1. The molecule has 0 aromatic heterocycles. The minimum atomic E-state index is 0.0279. The molecule has 2 atom stereocenters. The Morgan fingerprint density at radius 3 is 2.71 bits per heavy atom. The third-order valence-electron chi connectivity index (χ3n) is 4.16. The van der Waals surface area contributed by atoms with Crippen molar-refractivity contribution in [1.82, 2.24) is 16.2 Å². The molecule has 3 N–H and O–H groups in total. The van der Waals surface area contributed by atoms with Crippen LogP contribution in [0.3, 0.4) is 0 Å². The molecule has 3 rings (SSSR count). The number of carbonyl (C=O) groups is 1. The first-order chi connectivity index (χ1) is 10.1. The highest BCUT2D eigenvalue weighted by atomic mass is 16.7. The molecule has 1 aromatic rings. The monoisotopic (exact) mass is 291 g/mol. The average molecular weight is 291 g/mol. The lowest BCUT2D eigenvalue weighted by atomic mass is 9.96. The maximum absolute atomic E-state index is 12.1. The largest absolute Gasteiger partial charge is 0.454 e. The molecule has 0 aliphatic carbocycles. The Morgan fingerprint density at radius 2 is 1.95 bits per heavy atom. The average Bonchev–Trinajstić information content (AvgIpc) is 3.04. The number of amides is 1. The van der Waals surface area contributed by atoms with Gasteiger partial charge < -0.3 is 14.8 Å². The first kappa shape index (κ1) is 14.2. The number of hydrogen-bond donors (Lipinski definition) is 3. The highest BCUT2D eigenvalue weighted by Crippen LogP contribution is 2.32. The second-order valence-electron chi connectivity index (χ2n) is 5.70. The van der Waals surface area contributed by atoms with Gasteiger partial charge in [-0.1, -0.05) is 6.07 Å². The van der Waals surface area contributed by atoms with Gasteiger partial charge in [0, 0.05) is 24.5 Å². The van der Waals surface area contributed by atoms with Crippen LogP contribution in [-0.2, 0) is 11.2 Å². The van der Waals surface area contributed by atoms with E-state index < -0.39 is 0 Å². The normalized spacial score (nSPS) is 26.9. The molecule has 0 radical (unpaired) electrons. The van der Waals surface area contributed by atoms with E-state index in [1.165, 1.54) is 0 Å². The van der Waals surface area contributed by atoms with E-state index in [4.69, 9.17) is 9.47 Å². The third-order valence-corrected chi connectivity index (χ3v) is 4.16. The first-order valence-corrected chi connectivity index (χ1v) is 7.30. The molecular weight excluding hydrogens is 270 g/mol. The number of nitrogens with one attached hydrogen (secondary N) is 3. The maximum atomic E-state index is 12.1. The SMILES string of the molecule is CC1NNC(C)C1CNC(=O)Cc1ccc2c(c1)OCO2. The molecule has 2 aliphatic heterocycles. The molecule has 21 heavy (non-hydrogen) atoms. The van der Waals surface area contributed by atoms with Gasteiger partial charge in [-0.25, -0.2) is 0 Å². The summed E-state index contributed by atoms with van der Waals surface area (Å²) in [5.74, 6) is 1.88. The Morgan fingerprint density at radius 1 is 1.24 bits per heavy atom. The Hall–Kier alpha value is -1.79. The molecule has 6 nitrogen and oxygen atoms in total. The van der Waals surface area contributed by atoms with Gasteiger partial charge >= 0.3 is 0 Å². The van der Waals surface area contributed by atoms with E-state index >= 15 is 0 Å². The fraction of sp³-hybridized carbons (Fsp3) is 0.533. The summed E-state index contributed by atoms with van der Waals surface area (Å²) in [5, 5.41) is 3.01. The Bertz CT molecular complexity index is 525. The van der Waals surface area contributed by atoms with Crippen LogP contribution in [0.15, 0.2) is 18.2 Å². The lowest BCUT2D eigenvalue weighted by Crippen LogP contribution is -2.37. The zero-order valence-electron chi connectivity index (χ0n) is 12.3. The molecule has 1 aromatic carbocycles. The lowest BCUT2D eigenvalue weighted by Gasteiger charge is -2.18. The van der Waals surface area contributed by atoms with Crippen LogP contribution >= 0.6 is 0 Å². The lowest BCUT2D eigenvalue weighted by molar-refractivity contribution is -0.120. The molecule has 0 spiro atoms. The Labute approximate surface area is 124 Å². The maximum Gasteiger partial charge on any atom is 0.231 e. The van der Waals surface area contributed by atoms with Gasteiger partial charge in [0.05, 0.1) is 6.42 Å². The standard InChI is InChI=1S/C15H21N3O3/c1-9-12(10(2)18-17-9)7-16-15(19)6-11-3-4-13-14(5-11)21-8-20-13/h3-5,9-10,12,17-18H,6-8H2,1-2H3,(H,16,19). The van der Waals surface area contributed by atoms with Gasteiger partial charge in [0.1, 0.15) is 0 Å². The zero-order valence-corrected chi connectivity index (χ0v) is 12.3. The van der Waals surface area contributed by atoms with Crippen molar-refractivity contribution < 1.29 is 14.3 Å². The van der Waals surface area contributed by atoms with Crippen molar-refractivity contribution in [3.63, 3.8) is 0 Å². The predicted molar refractivity (Wildman–Crippen MR) is 78.0 cm³/mol. The van der Waals surface area contributed by atoms with Crippen LogP contribution in [0.1, 0.15) is 19.4 Å². The van der Waals surface area contributed by atoms with Crippen molar-refractivity contribution in [1.29, 1.82) is 0 Å². The van der Waals surface area contributed by atoms with E-state index in [0.717, 1.165) is 11.3 Å². The summed E-state index contributed by atoms with van der Waals surface area (Å²) >= 11 is 0. The summed E-state index contributed by atoms with van der Waals surface area (Å²) in [6.45, 7) is 5.16. The van der Waals surface area contributed by atoms with Gasteiger partial charge in [0.15, 0.2) is 11.5 Å². The fourth-order valence-corrected chi connectivity index (χ4v) is 2.79. The quantitative estimate of drug-likeness (QED) is 0.757. The summed E-state index contributed by atoms with van der Waals surface area (Å²) in [7, 11) is 0. The number of carbonyl (C=O) groups excluding carboxylic acids is 1. The third kappa shape index (κ3) is 3.11. The highest BCUT2D eigenvalue weighted by molar-refractivity contribution is 5.78. The van der Waals surface area contributed by atoms with Crippen LogP contribution in [0.25, 0.3) is 0 Å². The van der Waals surface area contributed by atoms with Gasteiger partial charge in [-0.3, -0.25) is 15.6 Å². The number of rotatable bonds is 4. The topological polar surface area (TPSA) is 71.6 Å². The second kappa shape index (κ2) is 5.91. The molecule has 2 heterocycles. The van der Waals surface area contributed by atoms with Crippen LogP contribution in [-0.4, -0.2) is 31.3 Å². The van der Waals surface area contributed by atoms with Crippen LogP contribution in [0, 0.1) is 5.92 Å². The minimum Gasteiger partial charge on any atom is -0.454 e. The molecule has 6 heteroatoms. The number of hydrogen-bond acceptors (Lipinski definition) is 5. The number of hydrazine groups is 1. The van der Waals surface area contributed by atoms with Gasteiger partial charge in [0.2, 0.25) is 12.7 Å². The van der Waals surface area contributed by atoms with Crippen molar-refractivity contribution in [3.8, 4) is 11.5 Å². The fourth-order valence-electron chi connectivity index (χ4n) is 2.79. The second-order valence-corrected chi connectivity index (χ2v) is 5.70. The van der Waals surface area contributed by atoms with Crippen LogP contribution in [0.4, 0.5) is 0 Å². The molecule has 1 amide bonds. The summed E-state index contributed by atoms with van der Waals surface area (Å²) < 4.78 is 10.6. The van der Waals surface area contributed by atoms with Gasteiger partial charge in [0.25, 0.3) is 0 Å². The van der Waals surface area contributed by atoms with Gasteiger partial charge in [-0.2, -0.15) is 0 Å². The molecule has 1 saturated heterocycles. The Balaban J connectivity index is 1.52. The number of fused-ring (bicyclic) bond motifs is 1. The van der Waals surface area contributed by atoms with Crippen molar-refractivity contribution in [2.75, 3.05) is 13.3 Å². The molecule has 2 unspecified atom stereocenters. The molecule has 114 valence electrons. The van der Waals surface area contributed by atoms with Crippen molar-refractivity contribution in [2.24, 2.45) is 5.92 Å². The molecule has 0 saturated carbocycles. The Kier molecular flexibility index (Phi) is 3.98. The van der Waals surface area contributed by atoms with E-state index in [9.17, 15) is 4.79 Å². The number of ether oxygens (including phenoxy) is 2.